The van der Waals surface area contributed by atoms with Crippen LogP contribution in [0.3, 0.4) is 0 Å². The Hall–Kier alpha value is -1.55. The summed E-state index contributed by atoms with van der Waals surface area (Å²) in [6.07, 6.45) is 0.172. The molecule has 2 rings (SSSR count). The molecule has 0 bridgehead atoms. The number of benzene rings is 1. The summed E-state index contributed by atoms with van der Waals surface area (Å²) in [6, 6.07) is 5.97. The minimum Gasteiger partial charge on any atom is -0.483 e. The zero-order chi connectivity index (χ0) is 14.7. The summed E-state index contributed by atoms with van der Waals surface area (Å²) in [5.74, 6) is 0.838. The van der Waals surface area contributed by atoms with Gasteiger partial charge >= 0.3 is 0 Å². The Morgan fingerprint density at radius 3 is 2.35 bits per heavy atom. The van der Waals surface area contributed by atoms with Gasteiger partial charge in [0.05, 0.1) is 12.2 Å². The maximum Gasteiger partial charge on any atom is 0.260 e. The van der Waals surface area contributed by atoms with Gasteiger partial charge in [0.25, 0.3) is 5.91 Å². The number of carbonyl (C=O) groups excluding carboxylic acids is 1. The summed E-state index contributed by atoms with van der Waals surface area (Å²) < 4.78 is 11.4. The van der Waals surface area contributed by atoms with Crippen LogP contribution in [0.4, 0.5) is 0 Å². The van der Waals surface area contributed by atoms with Crippen molar-refractivity contribution in [1.29, 1.82) is 0 Å². The number of nitrogens with zero attached hydrogens (tertiary/aromatic N) is 1. The van der Waals surface area contributed by atoms with Crippen LogP contribution in [0.15, 0.2) is 18.2 Å². The Morgan fingerprint density at radius 2 is 1.80 bits per heavy atom. The molecule has 0 aromatic heterocycles. The molecule has 2 unspecified atom stereocenters. The third-order valence-corrected chi connectivity index (χ3v) is 3.52. The number of aryl methyl sites for hydroxylation is 2. The van der Waals surface area contributed by atoms with Crippen LogP contribution in [0.2, 0.25) is 0 Å². The fraction of sp³-hybridized carbons (Fsp3) is 0.562. The second-order valence-electron chi connectivity index (χ2n) is 5.57. The molecule has 4 nitrogen and oxygen atoms in total. The van der Waals surface area contributed by atoms with E-state index in [1.807, 2.05) is 50.8 Å². The average molecular weight is 277 g/mol. The Bertz CT molecular complexity index is 456. The average Bonchev–Trinajstić information content (AvgIpc) is 2.36. The normalized spacial score (nSPS) is 22.7. The first-order valence-corrected chi connectivity index (χ1v) is 7.09. The summed E-state index contributed by atoms with van der Waals surface area (Å²) in [5, 5.41) is 0. The van der Waals surface area contributed by atoms with Gasteiger partial charge in [-0.05, 0) is 38.8 Å². The zero-order valence-corrected chi connectivity index (χ0v) is 12.7. The zero-order valence-electron chi connectivity index (χ0n) is 12.7. The predicted octanol–water partition coefficient (Wildman–Crippen LogP) is 2.32. The molecule has 0 aliphatic carbocycles. The standard InChI is InChI=1S/C16H23NO3/c1-11-6-5-7-12(2)16(11)19-10-15(18)17-8-13(3)20-14(4)9-17/h5-7,13-14H,8-10H2,1-4H3. The van der Waals surface area contributed by atoms with Crippen LogP contribution in [0, 0.1) is 13.8 Å². The predicted molar refractivity (Wildman–Crippen MR) is 78.0 cm³/mol. The number of morpholine rings is 1. The van der Waals surface area contributed by atoms with Gasteiger partial charge in [0.15, 0.2) is 6.61 Å². The minimum atomic E-state index is 0.0228. The van der Waals surface area contributed by atoms with Gasteiger partial charge in [-0.3, -0.25) is 4.79 Å². The molecule has 0 N–H and O–H groups in total. The highest BCUT2D eigenvalue weighted by Crippen LogP contribution is 2.22. The highest BCUT2D eigenvalue weighted by atomic mass is 16.5. The van der Waals surface area contributed by atoms with Gasteiger partial charge in [-0.25, -0.2) is 0 Å². The van der Waals surface area contributed by atoms with Crippen molar-refractivity contribution in [3.63, 3.8) is 0 Å². The van der Waals surface area contributed by atoms with Gasteiger partial charge in [0, 0.05) is 13.1 Å². The molecule has 0 radical (unpaired) electrons. The van der Waals surface area contributed by atoms with Crippen molar-refractivity contribution in [3.8, 4) is 5.75 Å². The van der Waals surface area contributed by atoms with Gasteiger partial charge in [0.1, 0.15) is 5.75 Å². The van der Waals surface area contributed by atoms with Gasteiger partial charge < -0.3 is 14.4 Å². The summed E-state index contributed by atoms with van der Waals surface area (Å²) in [6.45, 7) is 9.33. The van der Waals surface area contributed by atoms with E-state index < -0.39 is 0 Å². The lowest BCUT2D eigenvalue weighted by Crippen LogP contribution is -2.49. The van der Waals surface area contributed by atoms with Crippen molar-refractivity contribution in [2.45, 2.75) is 39.9 Å². The first-order chi connectivity index (χ1) is 9.47. The first-order valence-electron chi connectivity index (χ1n) is 7.09. The summed E-state index contributed by atoms with van der Waals surface area (Å²) >= 11 is 0. The molecule has 110 valence electrons. The second-order valence-corrected chi connectivity index (χ2v) is 5.57. The van der Waals surface area contributed by atoms with Crippen LogP contribution in [-0.4, -0.2) is 42.7 Å². The summed E-state index contributed by atoms with van der Waals surface area (Å²) in [7, 11) is 0. The molecule has 2 atom stereocenters. The van der Waals surface area contributed by atoms with Crippen LogP contribution in [-0.2, 0) is 9.53 Å². The van der Waals surface area contributed by atoms with Crippen LogP contribution in [0.5, 0.6) is 5.75 Å². The van der Waals surface area contributed by atoms with Crippen molar-refractivity contribution in [1.82, 2.24) is 4.90 Å². The van der Waals surface area contributed by atoms with Gasteiger partial charge in [-0.15, -0.1) is 0 Å². The molecule has 1 aromatic carbocycles. The van der Waals surface area contributed by atoms with E-state index in [2.05, 4.69) is 0 Å². The number of rotatable bonds is 3. The molecule has 1 aliphatic rings. The monoisotopic (exact) mass is 277 g/mol. The topological polar surface area (TPSA) is 38.8 Å². The van der Waals surface area contributed by atoms with E-state index >= 15 is 0 Å². The van der Waals surface area contributed by atoms with Crippen molar-refractivity contribution < 1.29 is 14.3 Å². The second kappa shape index (κ2) is 6.27. The third kappa shape index (κ3) is 3.51. The molecule has 1 aromatic rings. The lowest BCUT2D eigenvalue weighted by molar-refractivity contribution is -0.145. The molecule has 0 spiro atoms. The fourth-order valence-corrected chi connectivity index (χ4v) is 2.63. The van der Waals surface area contributed by atoms with Gasteiger partial charge in [-0.1, -0.05) is 18.2 Å². The maximum atomic E-state index is 12.2. The minimum absolute atomic E-state index is 0.0228. The molecule has 4 heteroatoms. The summed E-state index contributed by atoms with van der Waals surface area (Å²) in [5.41, 5.74) is 2.11. The quantitative estimate of drug-likeness (QED) is 0.851. The van der Waals surface area contributed by atoms with Crippen molar-refractivity contribution in [3.05, 3.63) is 29.3 Å². The molecule has 1 amide bonds. The van der Waals surface area contributed by atoms with E-state index in [0.29, 0.717) is 13.1 Å². The van der Waals surface area contributed by atoms with E-state index in [-0.39, 0.29) is 24.7 Å². The smallest absolute Gasteiger partial charge is 0.260 e. The largest absolute Gasteiger partial charge is 0.483 e. The van der Waals surface area contributed by atoms with Crippen molar-refractivity contribution in [2.75, 3.05) is 19.7 Å². The van der Waals surface area contributed by atoms with E-state index in [1.54, 1.807) is 0 Å². The molecule has 1 saturated heterocycles. The molecular formula is C16H23NO3. The number of hydrogen-bond donors (Lipinski definition) is 0. The number of carbonyl (C=O) groups is 1. The number of amides is 1. The van der Waals surface area contributed by atoms with Gasteiger partial charge in [-0.2, -0.15) is 0 Å². The van der Waals surface area contributed by atoms with E-state index in [0.717, 1.165) is 16.9 Å². The maximum absolute atomic E-state index is 12.2. The number of hydrogen-bond acceptors (Lipinski definition) is 3. The molecular weight excluding hydrogens is 254 g/mol. The van der Waals surface area contributed by atoms with Crippen LogP contribution >= 0.6 is 0 Å². The Morgan fingerprint density at radius 1 is 1.25 bits per heavy atom. The molecule has 1 fully saturated rings. The fourth-order valence-electron chi connectivity index (χ4n) is 2.63. The third-order valence-electron chi connectivity index (χ3n) is 3.52. The van der Waals surface area contributed by atoms with Crippen LogP contribution in [0.1, 0.15) is 25.0 Å². The molecule has 1 heterocycles. The van der Waals surface area contributed by atoms with E-state index in [9.17, 15) is 4.79 Å². The Balaban J connectivity index is 1.95. The highest BCUT2D eigenvalue weighted by Gasteiger charge is 2.26. The number of para-hydroxylation sites is 1. The highest BCUT2D eigenvalue weighted by molar-refractivity contribution is 5.78. The SMILES string of the molecule is Cc1cccc(C)c1OCC(=O)N1CC(C)OC(C)C1. The van der Waals surface area contributed by atoms with E-state index in [1.165, 1.54) is 0 Å². The number of ether oxygens (including phenoxy) is 2. The van der Waals surface area contributed by atoms with Gasteiger partial charge in [0.2, 0.25) is 0 Å². The lowest BCUT2D eigenvalue weighted by atomic mass is 10.1. The Labute approximate surface area is 120 Å². The van der Waals surface area contributed by atoms with Crippen molar-refractivity contribution in [2.24, 2.45) is 0 Å². The lowest BCUT2D eigenvalue weighted by Gasteiger charge is -2.35. The van der Waals surface area contributed by atoms with Crippen LogP contribution < -0.4 is 4.74 Å². The Kier molecular flexibility index (Phi) is 4.65. The van der Waals surface area contributed by atoms with E-state index in [4.69, 9.17) is 9.47 Å². The van der Waals surface area contributed by atoms with Crippen LogP contribution in [0.25, 0.3) is 0 Å². The van der Waals surface area contributed by atoms with Crippen molar-refractivity contribution >= 4 is 5.91 Å². The summed E-state index contributed by atoms with van der Waals surface area (Å²) in [4.78, 5) is 14.1. The molecule has 20 heavy (non-hydrogen) atoms. The first kappa shape index (κ1) is 14.9. The molecule has 1 aliphatic heterocycles. The molecule has 0 saturated carbocycles.